The van der Waals surface area contributed by atoms with E-state index in [1.807, 2.05) is 51.1 Å². The maximum Gasteiger partial charge on any atom is 0.306 e. The van der Waals surface area contributed by atoms with Crippen molar-refractivity contribution < 1.29 is 13.2 Å². The second-order valence-electron chi connectivity index (χ2n) is 5.01. The first kappa shape index (κ1) is 16.9. The molecule has 0 spiro atoms. The summed E-state index contributed by atoms with van der Waals surface area (Å²) in [6.45, 7) is 6.14. The first-order valence-corrected chi connectivity index (χ1v) is 9.87. The van der Waals surface area contributed by atoms with Gasteiger partial charge in [-0.1, -0.05) is 51.1 Å². The van der Waals surface area contributed by atoms with Crippen LogP contribution in [0.25, 0.3) is 0 Å². The molecule has 0 radical (unpaired) electrons. The fourth-order valence-electron chi connectivity index (χ4n) is 2.31. The van der Waals surface area contributed by atoms with Crippen LogP contribution in [0, 0.1) is 0 Å². The fraction of sp³-hybridized carbons (Fsp3) is 0.500. The van der Waals surface area contributed by atoms with E-state index >= 15 is 0 Å². The Bertz CT molecular complexity index is 415. The highest BCUT2D eigenvalue weighted by molar-refractivity contribution is 6.73. The third-order valence-electron chi connectivity index (χ3n) is 3.97. The summed E-state index contributed by atoms with van der Waals surface area (Å²) in [5.41, 5.74) is 1.06. The van der Waals surface area contributed by atoms with Crippen molar-refractivity contribution in [2.24, 2.45) is 0 Å². The van der Waals surface area contributed by atoms with Crippen LogP contribution in [0.4, 0.5) is 8.78 Å². The van der Waals surface area contributed by atoms with Crippen molar-refractivity contribution in [2.45, 2.75) is 51.7 Å². The minimum Gasteiger partial charge on any atom is -0.543 e. The van der Waals surface area contributed by atoms with Crippen molar-refractivity contribution in [3.05, 3.63) is 47.7 Å². The number of allylic oxidation sites excluding steroid dienone is 1. The molecule has 1 rings (SSSR count). The lowest BCUT2D eigenvalue weighted by atomic mass is 10.1. The number of aryl methyl sites for hydroxylation is 1. The molecule has 0 amide bonds. The largest absolute Gasteiger partial charge is 0.543 e. The van der Waals surface area contributed by atoms with E-state index < -0.39 is 14.4 Å². The molecular formula is C16H24F2OSi. The first-order chi connectivity index (χ1) is 9.56. The topological polar surface area (TPSA) is 9.23 Å². The van der Waals surface area contributed by atoms with E-state index in [2.05, 4.69) is 0 Å². The molecule has 20 heavy (non-hydrogen) atoms. The van der Waals surface area contributed by atoms with Gasteiger partial charge >= 0.3 is 6.08 Å². The molecule has 1 aromatic rings. The Balaban J connectivity index is 2.74. The number of benzene rings is 1. The zero-order valence-corrected chi connectivity index (χ0v) is 13.6. The molecule has 4 heteroatoms. The Morgan fingerprint density at radius 2 is 1.55 bits per heavy atom. The van der Waals surface area contributed by atoms with Crippen molar-refractivity contribution in [1.82, 2.24) is 0 Å². The summed E-state index contributed by atoms with van der Waals surface area (Å²) in [4.78, 5) is 0. The van der Waals surface area contributed by atoms with Crippen LogP contribution in [0.5, 0.6) is 0 Å². The highest BCUT2D eigenvalue weighted by atomic mass is 28.4. The average Bonchev–Trinajstić information content (AvgIpc) is 2.49. The summed E-state index contributed by atoms with van der Waals surface area (Å²) in [5, 5.41) is 0. The minimum absolute atomic E-state index is 0.0916. The van der Waals surface area contributed by atoms with Gasteiger partial charge in [-0.3, -0.25) is 0 Å². The van der Waals surface area contributed by atoms with Crippen LogP contribution in [0.3, 0.4) is 0 Å². The summed E-state index contributed by atoms with van der Waals surface area (Å²) in [5.74, 6) is -0.0916. The Labute approximate surface area is 121 Å². The van der Waals surface area contributed by atoms with Gasteiger partial charge < -0.3 is 4.43 Å². The zero-order chi connectivity index (χ0) is 15.0. The Kier molecular flexibility index (Phi) is 6.92. The van der Waals surface area contributed by atoms with Crippen LogP contribution in [0.1, 0.15) is 32.8 Å². The predicted molar refractivity (Wildman–Crippen MR) is 82.3 cm³/mol. The molecule has 1 nitrogen and oxygen atoms in total. The average molecular weight is 298 g/mol. The third kappa shape index (κ3) is 4.74. The summed E-state index contributed by atoms with van der Waals surface area (Å²) < 4.78 is 32.1. The normalized spacial score (nSPS) is 11.2. The van der Waals surface area contributed by atoms with Gasteiger partial charge in [-0.2, -0.15) is 8.78 Å². The van der Waals surface area contributed by atoms with Crippen molar-refractivity contribution >= 4 is 8.32 Å². The van der Waals surface area contributed by atoms with Gasteiger partial charge in [0.15, 0.2) is 0 Å². The van der Waals surface area contributed by atoms with E-state index in [4.69, 9.17) is 4.43 Å². The Morgan fingerprint density at radius 3 is 2.00 bits per heavy atom. The highest BCUT2D eigenvalue weighted by Gasteiger charge is 2.32. The fourth-order valence-corrected chi connectivity index (χ4v) is 4.95. The van der Waals surface area contributed by atoms with E-state index in [9.17, 15) is 8.78 Å². The van der Waals surface area contributed by atoms with Crippen LogP contribution < -0.4 is 0 Å². The Hall–Kier alpha value is -1.16. The number of hydrogen-bond donors (Lipinski definition) is 0. The molecule has 0 saturated heterocycles. The molecular weight excluding hydrogens is 274 g/mol. The molecule has 0 N–H and O–H groups in total. The number of hydrogen-bond acceptors (Lipinski definition) is 1. The van der Waals surface area contributed by atoms with Crippen molar-refractivity contribution in [2.75, 3.05) is 0 Å². The molecule has 0 saturated carbocycles. The quantitative estimate of drug-likeness (QED) is 0.438. The summed E-state index contributed by atoms with van der Waals surface area (Å²) >= 11 is 0. The van der Waals surface area contributed by atoms with Crippen molar-refractivity contribution in [1.29, 1.82) is 0 Å². The van der Waals surface area contributed by atoms with E-state index in [0.717, 1.165) is 23.7 Å². The summed E-state index contributed by atoms with van der Waals surface area (Å²) in [6, 6.07) is 12.3. The van der Waals surface area contributed by atoms with Gasteiger partial charge in [-0.15, -0.1) is 0 Å². The molecule has 0 heterocycles. The van der Waals surface area contributed by atoms with Crippen molar-refractivity contribution in [3.63, 3.8) is 0 Å². The predicted octanol–water partition coefficient (Wildman–Crippen LogP) is 5.75. The van der Waals surface area contributed by atoms with Gasteiger partial charge in [0.05, 0.1) is 0 Å². The maximum atomic E-state index is 13.1. The molecule has 1 aromatic carbocycles. The molecule has 0 aliphatic heterocycles. The minimum atomic E-state index is -2.02. The molecule has 0 aromatic heterocycles. The van der Waals surface area contributed by atoms with Crippen LogP contribution >= 0.6 is 0 Å². The van der Waals surface area contributed by atoms with Gasteiger partial charge in [-0.25, -0.2) is 0 Å². The lowest BCUT2D eigenvalue weighted by Gasteiger charge is -2.30. The van der Waals surface area contributed by atoms with Gasteiger partial charge in [-0.05, 0) is 30.1 Å². The lowest BCUT2D eigenvalue weighted by Crippen LogP contribution is -2.35. The van der Waals surface area contributed by atoms with Gasteiger partial charge in [0.25, 0.3) is 0 Å². The molecule has 0 bridgehead atoms. The number of rotatable bonds is 8. The summed E-state index contributed by atoms with van der Waals surface area (Å²) in [6.07, 6.45) is -0.788. The first-order valence-electron chi connectivity index (χ1n) is 7.34. The van der Waals surface area contributed by atoms with Gasteiger partial charge in [0.2, 0.25) is 8.32 Å². The van der Waals surface area contributed by atoms with Crippen LogP contribution in [0.2, 0.25) is 18.1 Å². The molecule has 0 atom stereocenters. The smallest absolute Gasteiger partial charge is 0.306 e. The van der Waals surface area contributed by atoms with E-state index in [0.29, 0.717) is 6.42 Å². The highest BCUT2D eigenvalue weighted by Crippen LogP contribution is 2.28. The van der Waals surface area contributed by atoms with E-state index in [1.165, 1.54) is 0 Å². The zero-order valence-electron chi connectivity index (χ0n) is 12.6. The maximum absolute atomic E-state index is 13.1. The van der Waals surface area contributed by atoms with Gasteiger partial charge in [0.1, 0.15) is 5.76 Å². The third-order valence-corrected chi connectivity index (χ3v) is 8.51. The van der Waals surface area contributed by atoms with E-state index in [-0.39, 0.29) is 12.2 Å². The van der Waals surface area contributed by atoms with Crippen LogP contribution in [-0.4, -0.2) is 8.32 Å². The van der Waals surface area contributed by atoms with Crippen LogP contribution in [-0.2, 0) is 10.8 Å². The van der Waals surface area contributed by atoms with E-state index in [1.54, 1.807) is 0 Å². The molecule has 0 aliphatic carbocycles. The number of halogens is 2. The molecule has 0 unspecified atom stereocenters. The molecule has 112 valence electrons. The van der Waals surface area contributed by atoms with Crippen LogP contribution in [0.15, 0.2) is 42.2 Å². The molecule has 0 fully saturated rings. The van der Waals surface area contributed by atoms with Crippen molar-refractivity contribution in [3.8, 4) is 0 Å². The lowest BCUT2D eigenvalue weighted by molar-refractivity contribution is 0.305. The second kappa shape index (κ2) is 8.20. The Morgan fingerprint density at radius 1 is 1.00 bits per heavy atom. The summed E-state index contributed by atoms with van der Waals surface area (Å²) in [7, 11) is -2.02. The second-order valence-corrected chi connectivity index (χ2v) is 9.71. The monoisotopic (exact) mass is 298 g/mol. The molecule has 0 aliphatic rings. The standard InChI is InChI=1S/C16H24F2OSi/c1-4-20(5-2,6-3)19-15(16(17)18)13-12-14-10-8-7-9-11-14/h7-11H,4-6,12-13H2,1-3H3. The SMILES string of the molecule is CC[Si](CC)(CC)OC(CCc1ccccc1)=C(F)F. The van der Waals surface area contributed by atoms with Gasteiger partial charge in [0, 0.05) is 6.42 Å².